The van der Waals surface area contributed by atoms with Crippen LogP contribution in [0.3, 0.4) is 0 Å². The summed E-state index contributed by atoms with van der Waals surface area (Å²) in [6.07, 6.45) is 4.48. The summed E-state index contributed by atoms with van der Waals surface area (Å²) in [6.45, 7) is 5.38. The molecule has 7 heteroatoms. The van der Waals surface area contributed by atoms with Crippen LogP contribution < -0.4 is 5.56 Å². The van der Waals surface area contributed by atoms with Crippen LogP contribution in [0.5, 0.6) is 0 Å². The fourth-order valence-electron chi connectivity index (χ4n) is 2.39. The lowest BCUT2D eigenvalue weighted by Gasteiger charge is -2.07. The lowest BCUT2D eigenvalue weighted by Crippen LogP contribution is -2.23. The molecule has 110 valence electrons. The van der Waals surface area contributed by atoms with E-state index in [2.05, 4.69) is 10.1 Å². The van der Waals surface area contributed by atoms with E-state index in [4.69, 9.17) is 12.2 Å². The van der Waals surface area contributed by atoms with Crippen molar-refractivity contribution in [3.63, 3.8) is 0 Å². The molecule has 0 spiro atoms. The average Bonchev–Trinajstić information content (AvgIpc) is 3.03. The van der Waals surface area contributed by atoms with Gasteiger partial charge < -0.3 is 4.98 Å². The summed E-state index contributed by atoms with van der Waals surface area (Å²) in [5, 5.41) is 4.93. The van der Waals surface area contributed by atoms with Gasteiger partial charge in [0.1, 0.15) is 4.83 Å². The Bertz CT molecular complexity index is 886. The second kappa shape index (κ2) is 5.57. The molecular weight excluding hydrogens is 304 g/mol. The highest BCUT2D eigenvalue weighted by Gasteiger charge is 2.12. The highest BCUT2D eigenvalue weighted by molar-refractivity contribution is 7.71. The average molecular weight is 320 g/mol. The number of H-pyrrole nitrogens is 1. The van der Waals surface area contributed by atoms with Crippen LogP contribution in [-0.4, -0.2) is 19.3 Å². The van der Waals surface area contributed by atoms with E-state index in [0.717, 1.165) is 33.6 Å². The summed E-state index contributed by atoms with van der Waals surface area (Å²) in [5.74, 6) is 0. The number of nitrogens with one attached hydrogen (secondary N) is 1. The molecule has 0 aliphatic carbocycles. The third kappa shape index (κ3) is 2.58. The van der Waals surface area contributed by atoms with E-state index >= 15 is 0 Å². The highest BCUT2D eigenvalue weighted by Crippen LogP contribution is 2.25. The SMILES string of the molecule is Cc1sc2[nH]c(=S)n(CCCn3cccn3)c(=O)c2c1C. The third-order valence-corrected chi connectivity index (χ3v) is 5.08. The van der Waals surface area contributed by atoms with Crippen LogP contribution in [0.4, 0.5) is 0 Å². The van der Waals surface area contributed by atoms with Gasteiger partial charge in [0.25, 0.3) is 5.56 Å². The summed E-state index contributed by atoms with van der Waals surface area (Å²) in [6, 6.07) is 1.89. The summed E-state index contributed by atoms with van der Waals surface area (Å²) >= 11 is 6.91. The molecule has 0 unspecified atom stereocenters. The standard InChI is InChI=1S/C14H16N4OS2/c1-9-10(2)21-12-11(9)13(19)18(14(20)16-12)8-4-7-17-6-3-5-15-17/h3,5-6H,4,7-8H2,1-2H3,(H,16,20). The molecule has 21 heavy (non-hydrogen) atoms. The van der Waals surface area contributed by atoms with Crippen molar-refractivity contribution < 1.29 is 0 Å². The number of thiophene rings is 1. The molecule has 0 saturated heterocycles. The van der Waals surface area contributed by atoms with Crippen molar-refractivity contribution in [2.24, 2.45) is 0 Å². The number of fused-ring (bicyclic) bond motifs is 1. The lowest BCUT2D eigenvalue weighted by atomic mass is 10.2. The predicted molar refractivity (Wildman–Crippen MR) is 87.6 cm³/mol. The zero-order chi connectivity index (χ0) is 15.0. The minimum Gasteiger partial charge on any atom is -0.323 e. The second-order valence-corrected chi connectivity index (χ2v) is 6.61. The van der Waals surface area contributed by atoms with Crippen LogP contribution in [0.15, 0.2) is 23.3 Å². The van der Waals surface area contributed by atoms with Gasteiger partial charge in [-0.1, -0.05) is 0 Å². The Kier molecular flexibility index (Phi) is 3.77. The van der Waals surface area contributed by atoms with Crippen molar-refractivity contribution in [2.75, 3.05) is 0 Å². The number of aryl methyl sites for hydroxylation is 3. The smallest absolute Gasteiger partial charge is 0.263 e. The predicted octanol–water partition coefficient (Wildman–Crippen LogP) is 3.02. The number of aromatic nitrogens is 4. The number of nitrogens with zero attached hydrogens (tertiary/aromatic N) is 3. The van der Waals surface area contributed by atoms with Gasteiger partial charge in [-0.05, 0) is 44.1 Å². The Hall–Kier alpha value is -1.73. The molecule has 0 amide bonds. The maximum atomic E-state index is 12.6. The van der Waals surface area contributed by atoms with E-state index < -0.39 is 0 Å². The van der Waals surface area contributed by atoms with E-state index in [1.165, 1.54) is 0 Å². The summed E-state index contributed by atoms with van der Waals surface area (Å²) < 4.78 is 4.01. The van der Waals surface area contributed by atoms with Crippen LogP contribution in [0.2, 0.25) is 0 Å². The van der Waals surface area contributed by atoms with Crippen LogP contribution in [0.1, 0.15) is 16.9 Å². The number of rotatable bonds is 4. The third-order valence-electron chi connectivity index (χ3n) is 3.64. The monoisotopic (exact) mass is 320 g/mol. The Morgan fingerprint density at radius 1 is 1.38 bits per heavy atom. The van der Waals surface area contributed by atoms with Crippen molar-refractivity contribution in [1.29, 1.82) is 0 Å². The van der Waals surface area contributed by atoms with Gasteiger partial charge in [-0.3, -0.25) is 14.0 Å². The fraction of sp³-hybridized carbons (Fsp3) is 0.357. The van der Waals surface area contributed by atoms with Gasteiger partial charge >= 0.3 is 0 Å². The number of hydrogen-bond acceptors (Lipinski definition) is 4. The van der Waals surface area contributed by atoms with Gasteiger partial charge in [0.2, 0.25) is 0 Å². The van der Waals surface area contributed by atoms with E-state index in [0.29, 0.717) is 11.3 Å². The number of aromatic amines is 1. The van der Waals surface area contributed by atoms with Gasteiger partial charge in [0.05, 0.1) is 5.39 Å². The molecule has 0 fully saturated rings. The summed E-state index contributed by atoms with van der Waals surface area (Å²) in [4.78, 5) is 17.8. The molecule has 1 N–H and O–H groups in total. The number of hydrogen-bond donors (Lipinski definition) is 1. The highest BCUT2D eigenvalue weighted by atomic mass is 32.1. The minimum atomic E-state index is 0.0102. The molecule has 0 bridgehead atoms. The zero-order valence-corrected chi connectivity index (χ0v) is 13.6. The van der Waals surface area contributed by atoms with Crippen LogP contribution in [-0.2, 0) is 13.1 Å². The molecule has 0 atom stereocenters. The molecule has 0 saturated carbocycles. The van der Waals surface area contributed by atoms with Crippen molar-refractivity contribution in [1.82, 2.24) is 19.3 Å². The van der Waals surface area contributed by atoms with E-state index in [-0.39, 0.29) is 5.56 Å². The summed E-state index contributed by atoms with van der Waals surface area (Å²) in [5.41, 5.74) is 1.06. The van der Waals surface area contributed by atoms with Gasteiger partial charge in [0.15, 0.2) is 4.77 Å². The zero-order valence-electron chi connectivity index (χ0n) is 11.9. The van der Waals surface area contributed by atoms with Crippen molar-refractivity contribution in [3.8, 4) is 0 Å². The van der Waals surface area contributed by atoms with Crippen LogP contribution >= 0.6 is 23.6 Å². The Morgan fingerprint density at radius 3 is 2.90 bits per heavy atom. The largest absolute Gasteiger partial charge is 0.323 e. The molecular formula is C14H16N4OS2. The van der Waals surface area contributed by atoms with Gasteiger partial charge in [-0.25, -0.2) is 0 Å². The van der Waals surface area contributed by atoms with E-state index in [1.54, 1.807) is 22.1 Å². The molecule has 0 aromatic carbocycles. The Labute approximate surface area is 130 Å². The lowest BCUT2D eigenvalue weighted by molar-refractivity contribution is 0.515. The first-order chi connectivity index (χ1) is 10.1. The first-order valence-corrected chi connectivity index (χ1v) is 8.00. The van der Waals surface area contributed by atoms with Crippen molar-refractivity contribution in [2.45, 2.75) is 33.4 Å². The maximum absolute atomic E-state index is 12.6. The molecule has 0 radical (unpaired) electrons. The molecule has 3 heterocycles. The van der Waals surface area contributed by atoms with Crippen LogP contribution in [0.25, 0.3) is 10.2 Å². The van der Waals surface area contributed by atoms with Crippen LogP contribution in [0, 0.1) is 18.6 Å². The van der Waals surface area contributed by atoms with Crippen molar-refractivity contribution >= 4 is 33.8 Å². The normalized spacial score (nSPS) is 11.3. The molecule has 3 aromatic heterocycles. The molecule has 0 aliphatic rings. The first-order valence-electron chi connectivity index (χ1n) is 6.78. The van der Waals surface area contributed by atoms with E-state index in [1.807, 2.05) is 30.8 Å². The molecule has 5 nitrogen and oxygen atoms in total. The first kappa shape index (κ1) is 14.2. The van der Waals surface area contributed by atoms with Gasteiger partial charge in [-0.15, -0.1) is 11.3 Å². The Morgan fingerprint density at radius 2 is 2.19 bits per heavy atom. The second-order valence-electron chi connectivity index (χ2n) is 5.00. The minimum absolute atomic E-state index is 0.0102. The van der Waals surface area contributed by atoms with Crippen molar-refractivity contribution in [3.05, 3.63) is 44.0 Å². The van der Waals surface area contributed by atoms with Gasteiger partial charge in [0, 0.05) is 30.4 Å². The molecule has 3 rings (SSSR count). The molecule has 3 aromatic rings. The fourth-order valence-corrected chi connectivity index (χ4v) is 3.78. The van der Waals surface area contributed by atoms with E-state index in [9.17, 15) is 4.79 Å². The Balaban J connectivity index is 1.93. The topological polar surface area (TPSA) is 55.6 Å². The molecule has 0 aliphatic heterocycles. The quantitative estimate of drug-likeness (QED) is 0.752. The summed E-state index contributed by atoms with van der Waals surface area (Å²) in [7, 11) is 0. The maximum Gasteiger partial charge on any atom is 0.263 e. The van der Waals surface area contributed by atoms with Gasteiger partial charge in [-0.2, -0.15) is 5.10 Å².